The fourth-order valence-electron chi connectivity index (χ4n) is 4.04. The molecule has 4 nitrogen and oxygen atoms in total. The number of hydrogen-bond acceptors (Lipinski definition) is 2. The number of carbonyl (C=O) groups excluding carboxylic acids is 1. The summed E-state index contributed by atoms with van der Waals surface area (Å²) in [5, 5.41) is 0. The van der Waals surface area contributed by atoms with Crippen molar-refractivity contribution < 1.29 is 4.79 Å². The third-order valence-electron chi connectivity index (χ3n) is 5.50. The van der Waals surface area contributed by atoms with E-state index in [0.29, 0.717) is 19.0 Å². The second-order valence-corrected chi connectivity index (χ2v) is 7.55. The molecule has 0 bridgehead atoms. The second-order valence-electron chi connectivity index (χ2n) is 7.55. The highest BCUT2D eigenvalue weighted by atomic mass is 16.2. The number of hydrogen-bond donors (Lipinski definition) is 0. The number of fused-ring (bicyclic) bond motifs is 1. The number of imidazole rings is 1. The summed E-state index contributed by atoms with van der Waals surface area (Å²) < 4.78 is 2.29. The molecule has 0 saturated carbocycles. The van der Waals surface area contributed by atoms with Gasteiger partial charge in [-0.1, -0.05) is 24.3 Å². The van der Waals surface area contributed by atoms with Crippen LogP contribution >= 0.6 is 0 Å². The van der Waals surface area contributed by atoms with E-state index in [1.54, 1.807) is 0 Å². The lowest BCUT2D eigenvalue weighted by atomic mass is 10.1. The maximum Gasteiger partial charge on any atom is 0.227 e. The smallest absolute Gasteiger partial charge is 0.227 e. The van der Waals surface area contributed by atoms with Crippen LogP contribution in [0.25, 0.3) is 11.0 Å². The van der Waals surface area contributed by atoms with Crippen LogP contribution in [-0.4, -0.2) is 22.0 Å². The van der Waals surface area contributed by atoms with Crippen LogP contribution in [0, 0.1) is 13.8 Å². The van der Waals surface area contributed by atoms with Gasteiger partial charge in [0.25, 0.3) is 0 Å². The van der Waals surface area contributed by atoms with Crippen molar-refractivity contribution in [3.05, 3.63) is 59.4 Å². The maximum atomic E-state index is 12.8. The number of amides is 1. The zero-order chi connectivity index (χ0) is 18.4. The molecule has 2 heterocycles. The second kappa shape index (κ2) is 6.27. The highest BCUT2D eigenvalue weighted by Gasteiger charge is 2.35. The number of para-hydroxylation sites is 2. The van der Waals surface area contributed by atoms with Gasteiger partial charge in [-0.2, -0.15) is 0 Å². The van der Waals surface area contributed by atoms with Crippen molar-refractivity contribution in [2.75, 3.05) is 11.4 Å². The van der Waals surface area contributed by atoms with Crippen molar-refractivity contribution in [1.82, 2.24) is 9.55 Å². The van der Waals surface area contributed by atoms with Gasteiger partial charge in [0.05, 0.1) is 11.0 Å². The number of benzene rings is 2. The van der Waals surface area contributed by atoms with Gasteiger partial charge in [0.1, 0.15) is 5.82 Å². The van der Waals surface area contributed by atoms with Crippen LogP contribution in [0.3, 0.4) is 0 Å². The van der Waals surface area contributed by atoms with Crippen molar-refractivity contribution in [2.24, 2.45) is 0 Å². The lowest BCUT2D eigenvalue weighted by molar-refractivity contribution is -0.117. The largest absolute Gasteiger partial charge is 0.325 e. The molecule has 26 heavy (non-hydrogen) atoms. The molecule has 4 rings (SSSR count). The number of aryl methyl sites for hydroxylation is 1. The van der Waals surface area contributed by atoms with Crippen molar-refractivity contribution in [3.8, 4) is 0 Å². The Morgan fingerprint density at radius 3 is 2.62 bits per heavy atom. The third kappa shape index (κ3) is 2.61. The minimum absolute atomic E-state index is 0.122. The summed E-state index contributed by atoms with van der Waals surface area (Å²) in [4.78, 5) is 19.7. The van der Waals surface area contributed by atoms with Gasteiger partial charge in [0.2, 0.25) is 5.91 Å². The minimum atomic E-state index is 0.122. The van der Waals surface area contributed by atoms with Crippen LogP contribution in [0.5, 0.6) is 0 Å². The van der Waals surface area contributed by atoms with Crippen molar-refractivity contribution in [1.29, 1.82) is 0 Å². The molecule has 134 valence electrons. The van der Waals surface area contributed by atoms with Crippen LogP contribution < -0.4 is 4.90 Å². The van der Waals surface area contributed by atoms with Crippen molar-refractivity contribution in [3.63, 3.8) is 0 Å². The van der Waals surface area contributed by atoms with Crippen molar-refractivity contribution >= 4 is 22.6 Å². The summed E-state index contributed by atoms with van der Waals surface area (Å²) >= 11 is 0. The van der Waals surface area contributed by atoms with E-state index in [-0.39, 0.29) is 11.8 Å². The van der Waals surface area contributed by atoms with Gasteiger partial charge < -0.3 is 9.47 Å². The molecule has 1 unspecified atom stereocenters. The van der Waals surface area contributed by atoms with Gasteiger partial charge in [-0.15, -0.1) is 0 Å². The molecule has 1 aromatic heterocycles. The molecule has 1 amide bonds. The number of nitrogens with zero attached hydrogens (tertiary/aromatic N) is 3. The molecule has 4 heteroatoms. The Hall–Kier alpha value is -2.62. The molecule has 0 spiro atoms. The van der Waals surface area contributed by atoms with Crippen LogP contribution in [0.2, 0.25) is 0 Å². The molecule has 1 aliphatic rings. The zero-order valence-corrected chi connectivity index (χ0v) is 15.9. The summed E-state index contributed by atoms with van der Waals surface area (Å²) in [6, 6.07) is 14.7. The first-order chi connectivity index (χ1) is 12.5. The Bertz CT molecular complexity index is 986. The average Bonchev–Trinajstić information content (AvgIpc) is 3.18. The SMILES string of the molecule is Cc1cccc(N2CC(c3nc4ccccc4n3C(C)C)CC2=O)c1C. The first kappa shape index (κ1) is 16.8. The van der Waals surface area contributed by atoms with Crippen LogP contribution in [0.1, 0.15) is 49.2 Å². The van der Waals surface area contributed by atoms with Crippen LogP contribution in [0.15, 0.2) is 42.5 Å². The first-order valence-electron chi connectivity index (χ1n) is 9.30. The maximum absolute atomic E-state index is 12.8. The number of aromatic nitrogens is 2. The number of anilines is 1. The Kier molecular flexibility index (Phi) is 4.06. The summed E-state index contributed by atoms with van der Waals surface area (Å²) in [7, 11) is 0. The Labute approximate surface area is 154 Å². The monoisotopic (exact) mass is 347 g/mol. The van der Waals surface area contributed by atoms with E-state index in [4.69, 9.17) is 4.98 Å². The van der Waals surface area contributed by atoms with Gasteiger partial charge in [-0.25, -0.2) is 4.98 Å². The highest BCUT2D eigenvalue weighted by molar-refractivity contribution is 5.97. The van der Waals surface area contributed by atoms with E-state index in [1.807, 2.05) is 23.1 Å². The van der Waals surface area contributed by atoms with E-state index >= 15 is 0 Å². The molecule has 3 aromatic rings. The molecule has 0 aliphatic carbocycles. The molecule has 0 N–H and O–H groups in total. The minimum Gasteiger partial charge on any atom is -0.325 e. The molecule has 1 fully saturated rings. The topological polar surface area (TPSA) is 38.1 Å². The van der Waals surface area contributed by atoms with Crippen molar-refractivity contribution in [2.45, 2.75) is 46.1 Å². The summed E-state index contributed by atoms with van der Waals surface area (Å²) in [6.07, 6.45) is 0.517. The van der Waals surface area contributed by atoms with E-state index in [0.717, 1.165) is 22.5 Å². The normalized spacial score (nSPS) is 17.7. The Balaban J connectivity index is 1.75. The average molecular weight is 347 g/mol. The molecular formula is C22H25N3O. The Morgan fingerprint density at radius 1 is 1.08 bits per heavy atom. The molecule has 2 aromatic carbocycles. The van der Waals surface area contributed by atoms with Gasteiger partial charge >= 0.3 is 0 Å². The molecule has 0 radical (unpaired) electrons. The number of rotatable bonds is 3. The highest BCUT2D eigenvalue weighted by Crippen LogP contribution is 2.36. The Morgan fingerprint density at radius 2 is 1.85 bits per heavy atom. The van der Waals surface area contributed by atoms with Gasteiger partial charge in [-0.3, -0.25) is 4.79 Å². The lowest BCUT2D eigenvalue weighted by Gasteiger charge is -2.21. The van der Waals surface area contributed by atoms with E-state index < -0.39 is 0 Å². The third-order valence-corrected chi connectivity index (χ3v) is 5.50. The summed E-state index contributed by atoms with van der Waals surface area (Å²) in [5.74, 6) is 1.34. The summed E-state index contributed by atoms with van der Waals surface area (Å²) in [5.41, 5.74) is 5.58. The van der Waals surface area contributed by atoms with E-state index in [1.165, 1.54) is 11.1 Å². The fourth-order valence-corrected chi connectivity index (χ4v) is 4.04. The molecule has 1 atom stereocenters. The quantitative estimate of drug-likeness (QED) is 0.685. The predicted molar refractivity (Wildman–Crippen MR) is 106 cm³/mol. The van der Waals surface area contributed by atoms with Crippen LogP contribution in [-0.2, 0) is 4.79 Å². The van der Waals surface area contributed by atoms with E-state index in [2.05, 4.69) is 56.5 Å². The van der Waals surface area contributed by atoms with Gasteiger partial charge in [-0.05, 0) is 57.0 Å². The zero-order valence-electron chi connectivity index (χ0n) is 15.9. The standard InChI is InChI=1S/C22H25N3O/c1-14(2)25-20-10-6-5-9-18(20)23-22(25)17-12-21(26)24(13-17)19-11-7-8-15(3)16(19)4/h5-11,14,17H,12-13H2,1-4H3. The molecule has 1 aliphatic heterocycles. The first-order valence-corrected chi connectivity index (χ1v) is 9.30. The number of carbonyl (C=O) groups is 1. The predicted octanol–water partition coefficient (Wildman–Crippen LogP) is 4.75. The fraction of sp³-hybridized carbons (Fsp3) is 0.364. The van der Waals surface area contributed by atoms with Gasteiger partial charge in [0, 0.05) is 30.6 Å². The lowest BCUT2D eigenvalue weighted by Crippen LogP contribution is -2.25. The molecular weight excluding hydrogens is 322 g/mol. The van der Waals surface area contributed by atoms with E-state index in [9.17, 15) is 4.79 Å². The molecule has 1 saturated heterocycles. The summed E-state index contributed by atoms with van der Waals surface area (Å²) in [6.45, 7) is 9.23. The van der Waals surface area contributed by atoms with Crippen LogP contribution in [0.4, 0.5) is 5.69 Å². The van der Waals surface area contributed by atoms with Gasteiger partial charge in [0.15, 0.2) is 0 Å².